The van der Waals surface area contributed by atoms with E-state index < -0.39 is 0 Å². The van der Waals surface area contributed by atoms with Gasteiger partial charge in [-0.3, -0.25) is 0 Å². The Balaban J connectivity index is 2.69. The number of fused-ring (bicyclic) bond motifs is 1. The number of aromatic nitrogens is 1. The van der Waals surface area contributed by atoms with Gasteiger partial charge in [-0.05, 0) is 23.8 Å². The van der Waals surface area contributed by atoms with Crippen molar-refractivity contribution in [1.29, 1.82) is 0 Å². The first-order valence-corrected chi connectivity index (χ1v) is 4.83. The van der Waals surface area contributed by atoms with E-state index in [1.54, 1.807) is 6.07 Å². The van der Waals surface area contributed by atoms with Gasteiger partial charge in [-0.2, -0.15) is 0 Å². The van der Waals surface area contributed by atoms with Crippen molar-refractivity contribution in [2.75, 3.05) is 6.54 Å². The molecule has 1 aromatic heterocycles. The number of halogens is 1. The van der Waals surface area contributed by atoms with E-state index in [4.69, 9.17) is 11.5 Å². The maximum atomic E-state index is 13.1. The number of benzene rings is 1. The summed E-state index contributed by atoms with van der Waals surface area (Å²) in [7, 11) is 1.91. The highest BCUT2D eigenvalue weighted by Crippen LogP contribution is 2.25. The Labute approximate surface area is 87.5 Å². The smallest absolute Gasteiger partial charge is 0.123 e. The third-order valence-corrected chi connectivity index (χ3v) is 2.64. The maximum Gasteiger partial charge on any atom is 0.123 e. The second-order valence-electron chi connectivity index (χ2n) is 3.70. The first-order valence-electron chi connectivity index (χ1n) is 4.83. The number of rotatable bonds is 2. The van der Waals surface area contributed by atoms with Crippen molar-refractivity contribution in [3.05, 3.63) is 35.8 Å². The molecule has 15 heavy (non-hydrogen) atoms. The van der Waals surface area contributed by atoms with Crippen molar-refractivity contribution in [3.63, 3.8) is 0 Å². The number of aryl methyl sites for hydroxylation is 1. The van der Waals surface area contributed by atoms with E-state index in [2.05, 4.69) is 0 Å². The first kappa shape index (κ1) is 10.1. The summed E-state index contributed by atoms with van der Waals surface area (Å²) >= 11 is 0. The van der Waals surface area contributed by atoms with Crippen LogP contribution in [0.1, 0.15) is 11.6 Å². The molecule has 2 aromatic rings. The minimum atomic E-state index is -0.251. The van der Waals surface area contributed by atoms with Crippen molar-refractivity contribution in [3.8, 4) is 0 Å². The fourth-order valence-electron chi connectivity index (χ4n) is 1.82. The Kier molecular flexibility index (Phi) is 2.46. The molecule has 2 rings (SSSR count). The van der Waals surface area contributed by atoms with Crippen molar-refractivity contribution in [2.24, 2.45) is 18.5 Å². The lowest BCUT2D eigenvalue weighted by Gasteiger charge is -2.06. The SMILES string of the molecule is Cn1cc(C(N)CN)c2cc(F)ccc21. The summed E-state index contributed by atoms with van der Waals surface area (Å²) in [4.78, 5) is 0. The molecule has 4 heteroatoms. The lowest BCUT2D eigenvalue weighted by atomic mass is 10.1. The monoisotopic (exact) mass is 207 g/mol. The van der Waals surface area contributed by atoms with Gasteiger partial charge in [0.15, 0.2) is 0 Å². The highest BCUT2D eigenvalue weighted by atomic mass is 19.1. The fraction of sp³-hybridized carbons (Fsp3) is 0.273. The summed E-state index contributed by atoms with van der Waals surface area (Å²) in [5.74, 6) is -0.251. The predicted molar refractivity (Wildman–Crippen MR) is 58.9 cm³/mol. The fourth-order valence-corrected chi connectivity index (χ4v) is 1.82. The molecule has 0 aliphatic carbocycles. The number of nitrogens with two attached hydrogens (primary N) is 2. The second-order valence-corrected chi connectivity index (χ2v) is 3.70. The molecular formula is C11H14FN3. The van der Waals surface area contributed by atoms with Gasteiger partial charge in [0.25, 0.3) is 0 Å². The molecule has 0 amide bonds. The van der Waals surface area contributed by atoms with Crippen molar-refractivity contribution in [2.45, 2.75) is 6.04 Å². The Morgan fingerprint density at radius 1 is 1.47 bits per heavy atom. The number of hydrogen-bond donors (Lipinski definition) is 2. The minimum Gasteiger partial charge on any atom is -0.350 e. The zero-order valence-electron chi connectivity index (χ0n) is 8.57. The molecule has 1 unspecified atom stereocenters. The topological polar surface area (TPSA) is 57.0 Å². The van der Waals surface area contributed by atoms with Gasteiger partial charge in [0.1, 0.15) is 5.82 Å². The predicted octanol–water partition coefficient (Wildman–Crippen LogP) is 1.28. The third-order valence-electron chi connectivity index (χ3n) is 2.64. The molecular weight excluding hydrogens is 193 g/mol. The molecule has 1 aromatic carbocycles. The first-order chi connectivity index (χ1) is 7.13. The average Bonchev–Trinajstić information content (AvgIpc) is 2.54. The van der Waals surface area contributed by atoms with Crippen molar-refractivity contribution < 1.29 is 4.39 Å². The van der Waals surface area contributed by atoms with Crippen LogP contribution >= 0.6 is 0 Å². The standard InChI is InChI=1S/C11H14FN3/c1-15-6-9(10(14)5-13)8-4-7(12)2-3-11(8)15/h2-4,6,10H,5,13-14H2,1H3. The molecule has 0 radical (unpaired) electrons. The molecule has 80 valence electrons. The van der Waals surface area contributed by atoms with Crippen LogP contribution in [0.15, 0.2) is 24.4 Å². The second kappa shape index (κ2) is 3.64. The van der Waals surface area contributed by atoms with E-state index in [0.29, 0.717) is 6.54 Å². The molecule has 3 nitrogen and oxygen atoms in total. The van der Waals surface area contributed by atoms with Gasteiger partial charge in [0.05, 0.1) is 0 Å². The zero-order valence-corrected chi connectivity index (χ0v) is 8.57. The lowest BCUT2D eigenvalue weighted by molar-refractivity contribution is 0.629. The van der Waals surface area contributed by atoms with Crippen LogP contribution in [0.3, 0.4) is 0 Å². The lowest BCUT2D eigenvalue weighted by Crippen LogP contribution is -2.20. The van der Waals surface area contributed by atoms with E-state index >= 15 is 0 Å². The van der Waals surface area contributed by atoms with Crippen LogP contribution in [-0.4, -0.2) is 11.1 Å². The van der Waals surface area contributed by atoms with Crippen LogP contribution in [0.25, 0.3) is 10.9 Å². The molecule has 0 fully saturated rings. The molecule has 1 atom stereocenters. The Morgan fingerprint density at radius 2 is 2.20 bits per heavy atom. The molecule has 0 saturated carbocycles. The van der Waals surface area contributed by atoms with E-state index in [9.17, 15) is 4.39 Å². The Bertz CT molecular complexity index is 490. The summed E-state index contributed by atoms with van der Waals surface area (Å²) in [6.07, 6.45) is 1.90. The molecule has 1 heterocycles. The van der Waals surface area contributed by atoms with Gasteiger partial charge in [-0.25, -0.2) is 4.39 Å². The van der Waals surface area contributed by atoms with Gasteiger partial charge in [0, 0.05) is 36.7 Å². The van der Waals surface area contributed by atoms with Gasteiger partial charge < -0.3 is 16.0 Å². The quantitative estimate of drug-likeness (QED) is 0.779. The normalized spacial score (nSPS) is 13.3. The van der Waals surface area contributed by atoms with E-state index in [0.717, 1.165) is 16.5 Å². The van der Waals surface area contributed by atoms with Crippen LogP contribution < -0.4 is 11.5 Å². The van der Waals surface area contributed by atoms with E-state index in [1.165, 1.54) is 12.1 Å². The Morgan fingerprint density at radius 3 is 2.87 bits per heavy atom. The largest absolute Gasteiger partial charge is 0.350 e. The zero-order chi connectivity index (χ0) is 11.0. The number of nitrogens with zero attached hydrogens (tertiary/aromatic N) is 1. The molecule has 0 saturated heterocycles. The molecule has 0 bridgehead atoms. The van der Waals surface area contributed by atoms with Gasteiger partial charge in [-0.15, -0.1) is 0 Å². The molecule has 0 spiro atoms. The molecule has 0 aliphatic rings. The summed E-state index contributed by atoms with van der Waals surface area (Å²) < 4.78 is 15.0. The molecule has 4 N–H and O–H groups in total. The Hall–Kier alpha value is -1.39. The van der Waals surface area contributed by atoms with Crippen LogP contribution in [0.4, 0.5) is 4.39 Å². The summed E-state index contributed by atoms with van der Waals surface area (Å²) in [5, 5.41) is 0.843. The highest BCUT2D eigenvalue weighted by Gasteiger charge is 2.12. The van der Waals surface area contributed by atoms with Crippen LogP contribution in [-0.2, 0) is 7.05 Å². The van der Waals surface area contributed by atoms with Crippen LogP contribution in [0, 0.1) is 5.82 Å². The maximum absolute atomic E-state index is 13.1. The van der Waals surface area contributed by atoms with Crippen LogP contribution in [0.5, 0.6) is 0 Å². The third kappa shape index (κ3) is 1.62. The van der Waals surface area contributed by atoms with Crippen molar-refractivity contribution in [1.82, 2.24) is 4.57 Å². The minimum absolute atomic E-state index is 0.240. The molecule has 0 aliphatic heterocycles. The van der Waals surface area contributed by atoms with Crippen LogP contribution in [0.2, 0.25) is 0 Å². The van der Waals surface area contributed by atoms with Gasteiger partial charge >= 0.3 is 0 Å². The summed E-state index contributed by atoms with van der Waals surface area (Å²) in [6.45, 7) is 0.357. The summed E-state index contributed by atoms with van der Waals surface area (Å²) in [5.41, 5.74) is 13.2. The number of hydrogen-bond acceptors (Lipinski definition) is 2. The van der Waals surface area contributed by atoms with Gasteiger partial charge in [-0.1, -0.05) is 0 Å². The van der Waals surface area contributed by atoms with Crippen molar-refractivity contribution >= 4 is 10.9 Å². The van der Waals surface area contributed by atoms with E-state index in [1.807, 2.05) is 17.8 Å². The van der Waals surface area contributed by atoms with E-state index in [-0.39, 0.29) is 11.9 Å². The van der Waals surface area contributed by atoms with Gasteiger partial charge in [0.2, 0.25) is 0 Å². The summed E-state index contributed by atoms with van der Waals surface area (Å²) in [6, 6.07) is 4.45. The average molecular weight is 207 g/mol. The highest BCUT2D eigenvalue weighted by molar-refractivity contribution is 5.84.